The molecule has 2 saturated heterocycles. The average molecular weight is 252 g/mol. The summed E-state index contributed by atoms with van der Waals surface area (Å²) in [5.74, 6) is 0.875. The summed E-state index contributed by atoms with van der Waals surface area (Å²) in [4.78, 5) is 6.60. The molecule has 0 aliphatic carbocycles. The molecule has 2 atom stereocenters. The number of hydrogen-bond donors (Lipinski definition) is 1. The van der Waals surface area contributed by atoms with Crippen LogP contribution in [0.15, 0.2) is 18.3 Å². The highest BCUT2D eigenvalue weighted by atomic mass is 35.5. The first kappa shape index (κ1) is 11.3. The van der Waals surface area contributed by atoms with E-state index in [2.05, 4.69) is 21.3 Å². The topological polar surface area (TPSA) is 28.2 Å². The molecule has 3 rings (SSSR count). The number of halogens is 1. The van der Waals surface area contributed by atoms with Crippen LogP contribution in [0.5, 0.6) is 0 Å². The van der Waals surface area contributed by atoms with Crippen molar-refractivity contribution < 1.29 is 0 Å². The molecule has 3 nitrogen and oxygen atoms in total. The average Bonchev–Trinajstić information content (AvgIpc) is 2.70. The van der Waals surface area contributed by atoms with E-state index in [1.54, 1.807) is 0 Å². The van der Waals surface area contributed by atoms with E-state index in [1.807, 2.05) is 12.3 Å². The van der Waals surface area contributed by atoms with Gasteiger partial charge in [-0.05, 0) is 43.9 Å². The first-order valence-electron chi connectivity index (χ1n) is 6.43. The van der Waals surface area contributed by atoms with Gasteiger partial charge in [-0.1, -0.05) is 11.6 Å². The van der Waals surface area contributed by atoms with E-state index in [9.17, 15) is 0 Å². The third-order valence-corrected chi connectivity index (χ3v) is 4.27. The molecule has 3 heterocycles. The molecule has 2 aliphatic rings. The summed E-state index contributed by atoms with van der Waals surface area (Å²) in [7, 11) is 0. The van der Waals surface area contributed by atoms with Gasteiger partial charge in [0, 0.05) is 19.1 Å². The van der Waals surface area contributed by atoms with Gasteiger partial charge in [0.2, 0.25) is 0 Å². The number of fused-ring (bicyclic) bond motifs is 1. The van der Waals surface area contributed by atoms with Gasteiger partial charge < -0.3 is 10.2 Å². The predicted molar refractivity (Wildman–Crippen MR) is 70.6 cm³/mol. The van der Waals surface area contributed by atoms with Crippen LogP contribution < -0.4 is 10.2 Å². The van der Waals surface area contributed by atoms with Crippen molar-refractivity contribution in [2.24, 2.45) is 5.92 Å². The van der Waals surface area contributed by atoms with Crippen LogP contribution in [0.3, 0.4) is 0 Å². The van der Waals surface area contributed by atoms with Gasteiger partial charge in [0.25, 0.3) is 0 Å². The predicted octanol–water partition coefficient (Wildman–Crippen LogP) is 2.31. The first-order chi connectivity index (χ1) is 8.33. The van der Waals surface area contributed by atoms with E-state index >= 15 is 0 Å². The Kier molecular flexibility index (Phi) is 3.21. The van der Waals surface area contributed by atoms with Crippen molar-refractivity contribution >= 4 is 17.3 Å². The summed E-state index contributed by atoms with van der Waals surface area (Å²) < 4.78 is 0. The summed E-state index contributed by atoms with van der Waals surface area (Å²) in [6.45, 7) is 3.47. The quantitative estimate of drug-likeness (QED) is 0.777. The molecule has 1 aromatic heterocycles. The van der Waals surface area contributed by atoms with Gasteiger partial charge in [-0.2, -0.15) is 0 Å². The molecule has 0 spiro atoms. The minimum atomic E-state index is 0.571. The van der Waals surface area contributed by atoms with Crippen molar-refractivity contribution in [3.05, 3.63) is 23.5 Å². The molecule has 0 saturated carbocycles. The van der Waals surface area contributed by atoms with Crippen molar-refractivity contribution in [3.8, 4) is 0 Å². The molecule has 1 N–H and O–H groups in total. The Morgan fingerprint density at radius 1 is 1.24 bits per heavy atom. The Balaban J connectivity index is 1.70. The molecule has 2 fully saturated rings. The standard InChI is InChI=1S/C13H18ClN3/c14-13-2-1-11(9-16-13)17-7-4-10-3-6-15-12(10)5-8-17/h1-2,9-10,12,15H,3-8H2. The fourth-order valence-electron chi connectivity index (χ4n) is 3.05. The van der Waals surface area contributed by atoms with Gasteiger partial charge in [-0.15, -0.1) is 0 Å². The van der Waals surface area contributed by atoms with E-state index < -0.39 is 0 Å². The Bertz CT molecular complexity index is 365. The Labute approximate surface area is 107 Å². The number of hydrogen-bond acceptors (Lipinski definition) is 3. The molecular weight excluding hydrogens is 234 g/mol. The Hall–Kier alpha value is -0.800. The van der Waals surface area contributed by atoms with Crippen molar-refractivity contribution in [2.75, 3.05) is 24.5 Å². The second kappa shape index (κ2) is 4.83. The van der Waals surface area contributed by atoms with Crippen LogP contribution in [0.2, 0.25) is 5.15 Å². The third-order valence-electron chi connectivity index (χ3n) is 4.05. The van der Waals surface area contributed by atoms with Crippen LogP contribution in [-0.4, -0.2) is 30.7 Å². The second-order valence-corrected chi connectivity index (χ2v) is 5.40. The Morgan fingerprint density at radius 2 is 2.12 bits per heavy atom. The smallest absolute Gasteiger partial charge is 0.129 e. The van der Waals surface area contributed by atoms with Crippen LogP contribution in [0.1, 0.15) is 19.3 Å². The van der Waals surface area contributed by atoms with Gasteiger partial charge >= 0.3 is 0 Å². The van der Waals surface area contributed by atoms with Crippen LogP contribution in [0.25, 0.3) is 0 Å². The molecule has 17 heavy (non-hydrogen) atoms. The fourth-order valence-corrected chi connectivity index (χ4v) is 3.16. The molecule has 4 heteroatoms. The van der Waals surface area contributed by atoms with Gasteiger partial charge in [0.05, 0.1) is 11.9 Å². The monoisotopic (exact) mass is 251 g/mol. The molecular formula is C13H18ClN3. The highest BCUT2D eigenvalue weighted by Gasteiger charge is 2.29. The number of aromatic nitrogens is 1. The zero-order valence-corrected chi connectivity index (χ0v) is 10.7. The maximum atomic E-state index is 5.82. The van der Waals surface area contributed by atoms with Gasteiger partial charge in [-0.25, -0.2) is 4.98 Å². The minimum Gasteiger partial charge on any atom is -0.370 e. The van der Waals surface area contributed by atoms with Crippen LogP contribution in [0.4, 0.5) is 5.69 Å². The van der Waals surface area contributed by atoms with Gasteiger partial charge in [0.15, 0.2) is 0 Å². The van der Waals surface area contributed by atoms with Crippen LogP contribution in [0, 0.1) is 5.92 Å². The summed E-state index contributed by atoms with van der Waals surface area (Å²) in [6, 6.07) is 4.69. The second-order valence-electron chi connectivity index (χ2n) is 5.01. The van der Waals surface area contributed by atoms with Crippen molar-refractivity contribution in [1.82, 2.24) is 10.3 Å². The number of nitrogens with one attached hydrogen (secondary N) is 1. The van der Waals surface area contributed by atoms with E-state index in [1.165, 1.54) is 31.5 Å². The number of nitrogens with zero attached hydrogens (tertiary/aromatic N) is 2. The lowest BCUT2D eigenvalue weighted by Crippen LogP contribution is -2.28. The van der Waals surface area contributed by atoms with Crippen molar-refractivity contribution in [3.63, 3.8) is 0 Å². The summed E-state index contributed by atoms with van der Waals surface area (Å²) in [6.07, 6.45) is 5.77. The van der Waals surface area contributed by atoms with Crippen LogP contribution in [-0.2, 0) is 0 Å². The lowest BCUT2D eigenvalue weighted by Gasteiger charge is -2.22. The largest absolute Gasteiger partial charge is 0.370 e. The maximum absolute atomic E-state index is 5.82. The summed E-state index contributed by atoms with van der Waals surface area (Å²) >= 11 is 5.82. The highest BCUT2D eigenvalue weighted by Crippen LogP contribution is 2.27. The third kappa shape index (κ3) is 2.40. The van der Waals surface area contributed by atoms with Gasteiger partial charge in [0.1, 0.15) is 5.15 Å². The fraction of sp³-hybridized carbons (Fsp3) is 0.615. The molecule has 0 amide bonds. The Morgan fingerprint density at radius 3 is 2.94 bits per heavy atom. The van der Waals surface area contributed by atoms with E-state index in [0.29, 0.717) is 5.15 Å². The normalized spacial score (nSPS) is 28.9. The lowest BCUT2D eigenvalue weighted by molar-refractivity contribution is 0.436. The van der Waals surface area contributed by atoms with Crippen LogP contribution >= 0.6 is 11.6 Å². The highest BCUT2D eigenvalue weighted by molar-refractivity contribution is 6.29. The molecule has 0 bridgehead atoms. The minimum absolute atomic E-state index is 0.571. The summed E-state index contributed by atoms with van der Waals surface area (Å²) in [5, 5.41) is 4.19. The molecule has 0 aromatic carbocycles. The van der Waals surface area contributed by atoms with Gasteiger partial charge in [-0.3, -0.25) is 0 Å². The SMILES string of the molecule is Clc1ccc(N2CCC3CCNC3CC2)cn1. The molecule has 1 aromatic rings. The molecule has 92 valence electrons. The molecule has 2 aliphatic heterocycles. The van der Waals surface area contributed by atoms with Crippen molar-refractivity contribution in [1.29, 1.82) is 0 Å². The molecule has 2 unspecified atom stereocenters. The first-order valence-corrected chi connectivity index (χ1v) is 6.80. The number of anilines is 1. The summed E-state index contributed by atoms with van der Waals surface area (Å²) in [5.41, 5.74) is 1.20. The molecule has 0 radical (unpaired) electrons. The zero-order chi connectivity index (χ0) is 11.7. The lowest BCUT2D eigenvalue weighted by atomic mass is 9.96. The zero-order valence-electron chi connectivity index (χ0n) is 9.90. The van der Waals surface area contributed by atoms with E-state index in [4.69, 9.17) is 11.6 Å². The van der Waals surface area contributed by atoms with E-state index in [0.717, 1.165) is 25.0 Å². The van der Waals surface area contributed by atoms with E-state index in [-0.39, 0.29) is 0 Å². The number of rotatable bonds is 1. The number of pyridine rings is 1. The van der Waals surface area contributed by atoms with Crippen molar-refractivity contribution in [2.45, 2.75) is 25.3 Å². The maximum Gasteiger partial charge on any atom is 0.129 e.